The van der Waals surface area contributed by atoms with E-state index in [0.29, 0.717) is 17.7 Å². The number of carbonyl (C=O) groups is 1. The number of nitrogens with zero attached hydrogens (tertiary/aromatic N) is 1. The molecule has 5 nitrogen and oxygen atoms in total. The molecule has 19 heavy (non-hydrogen) atoms. The number of rotatable bonds is 4. The van der Waals surface area contributed by atoms with Gasteiger partial charge < -0.3 is 5.73 Å². The molecule has 0 fully saturated rings. The van der Waals surface area contributed by atoms with Crippen molar-refractivity contribution >= 4 is 22.0 Å². The number of sulfonamides is 1. The summed E-state index contributed by atoms with van der Waals surface area (Å²) in [5.41, 5.74) is 7.09. The lowest BCUT2D eigenvalue weighted by molar-refractivity contribution is -0.118. The van der Waals surface area contributed by atoms with Gasteiger partial charge in [0.05, 0.1) is 11.4 Å². The molecule has 0 aliphatic heterocycles. The Bertz CT molecular complexity index is 635. The van der Waals surface area contributed by atoms with E-state index >= 15 is 0 Å². The van der Waals surface area contributed by atoms with E-state index < -0.39 is 15.9 Å². The molecule has 0 saturated heterocycles. The Balaban J connectivity index is 2.33. The molecule has 1 aliphatic carbocycles. The summed E-state index contributed by atoms with van der Waals surface area (Å²) in [6.45, 7) is -0.304. The van der Waals surface area contributed by atoms with Crippen LogP contribution in [0.15, 0.2) is 29.2 Å². The summed E-state index contributed by atoms with van der Waals surface area (Å²) in [5, 5.41) is 0. The molecule has 0 radical (unpaired) electrons. The van der Waals surface area contributed by atoms with Crippen LogP contribution in [0.5, 0.6) is 0 Å². The Hall–Kier alpha value is -1.66. The van der Waals surface area contributed by atoms with Gasteiger partial charge in [0.25, 0.3) is 0 Å². The van der Waals surface area contributed by atoms with E-state index in [9.17, 15) is 13.2 Å². The number of benzene rings is 1. The monoisotopic (exact) mass is 280 g/mol. The van der Waals surface area contributed by atoms with Crippen molar-refractivity contribution in [1.29, 1.82) is 0 Å². The summed E-state index contributed by atoms with van der Waals surface area (Å²) in [5.74, 6) is -0.664. The van der Waals surface area contributed by atoms with E-state index in [4.69, 9.17) is 5.73 Å². The fourth-order valence-electron chi connectivity index (χ4n) is 2.11. The number of aryl methyl sites for hydroxylation is 1. The molecule has 0 spiro atoms. The number of primary amides is 1. The normalized spacial score (nSPS) is 14.9. The summed E-state index contributed by atoms with van der Waals surface area (Å²) >= 11 is 0. The summed E-state index contributed by atoms with van der Waals surface area (Å²) in [4.78, 5) is 11.2. The van der Waals surface area contributed by atoms with Crippen LogP contribution in [0.3, 0.4) is 0 Å². The zero-order valence-corrected chi connectivity index (χ0v) is 11.5. The van der Waals surface area contributed by atoms with Crippen molar-refractivity contribution in [3.63, 3.8) is 0 Å². The molecule has 102 valence electrons. The van der Waals surface area contributed by atoms with Crippen LogP contribution in [-0.4, -0.2) is 32.2 Å². The van der Waals surface area contributed by atoms with Crippen molar-refractivity contribution in [2.45, 2.75) is 12.8 Å². The quantitative estimate of drug-likeness (QED) is 0.882. The molecule has 2 rings (SSSR count). The fraction of sp³-hybridized carbons (Fsp3) is 0.308. The number of nitrogens with two attached hydrogens (primary N) is 1. The average Bonchev–Trinajstić information content (AvgIpc) is 2.37. The molecule has 6 heteroatoms. The first-order chi connectivity index (χ1) is 8.91. The highest BCUT2D eigenvalue weighted by molar-refractivity contribution is 7.93. The van der Waals surface area contributed by atoms with Gasteiger partial charge in [-0.15, -0.1) is 0 Å². The van der Waals surface area contributed by atoms with Crippen molar-refractivity contribution in [2.75, 3.05) is 13.6 Å². The third-order valence-electron chi connectivity index (χ3n) is 3.13. The molecule has 0 aromatic heterocycles. The topological polar surface area (TPSA) is 80.5 Å². The molecule has 2 N–H and O–H groups in total. The van der Waals surface area contributed by atoms with E-state index in [2.05, 4.69) is 0 Å². The summed E-state index contributed by atoms with van der Waals surface area (Å²) in [7, 11) is -2.24. The number of carbonyl (C=O) groups excluding carboxylic acids is 1. The molecule has 1 aliphatic rings. The van der Waals surface area contributed by atoms with Crippen LogP contribution in [0.25, 0.3) is 6.08 Å². The van der Waals surface area contributed by atoms with E-state index in [1.54, 1.807) is 6.08 Å². The SMILES string of the molecule is CN(CC(N)=O)S(=O)(=O)C1=Cc2ccccc2CC1. The maximum atomic E-state index is 12.3. The van der Waals surface area contributed by atoms with Crippen molar-refractivity contribution in [3.05, 3.63) is 40.3 Å². The molecular weight excluding hydrogens is 264 g/mol. The van der Waals surface area contributed by atoms with Crippen LogP contribution in [0, 0.1) is 0 Å². The van der Waals surface area contributed by atoms with Gasteiger partial charge in [-0.1, -0.05) is 24.3 Å². The maximum absolute atomic E-state index is 12.3. The first-order valence-corrected chi connectivity index (χ1v) is 7.38. The Kier molecular flexibility index (Phi) is 3.73. The summed E-state index contributed by atoms with van der Waals surface area (Å²) in [6.07, 6.45) is 2.81. The van der Waals surface area contributed by atoms with Crippen LogP contribution in [0.1, 0.15) is 17.5 Å². The second-order valence-electron chi connectivity index (χ2n) is 4.54. The number of hydrogen-bond donors (Lipinski definition) is 1. The largest absolute Gasteiger partial charge is 0.369 e. The second kappa shape index (κ2) is 5.14. The lowest BCUT2D eigenvalue weighted by Crippen LogP contribution is -2.36. The lowest BCUT2D eigenvalue weighted by atomic mass is 9.98. The van der Waals surface area contributed by atoms with Crippen molar-refractivity contribution in [3.8, 4) is 0 Å². The van der Waals surface area contributed by atoms with Gasteiger partial charge in [-0.05, 0) is 30.0 Å². The van der Waals surface area contributed by atoms with Crippen molar-refractivity contribution < 1.29 is 13.2 Å². The highest BCUT2D eigenvalue weighted by atomic mass is 32.2. The average molecular weight is 280 g/mol. The minimum absolute atomic E-state index is 0.304. The molecule has 0 bridgehead atoms. The van der Waals surface area contributed by atoms with Crippen LogP contribution in [0.4, 0.5) is 0 Å². The van der Waals surface area contributed by atoms with Gasteiger partial charge in [0.1, 0.15) is 0 Å². The van der Waals surface area contributed by atoms with Gasteiger partial charge in [0.15, 0.2) is 0 Å². The number of allylic oxidation sites excluding steroid dienone is 1. The number of amides is 1. The molecule has 0 heterocycles. The van der Waals surface area contributed by atoms with E-state index in [-0.39, 0.29) is 6.54 Å². The fourth-order valence-corrected chi connectivity index (χ4v) is 3.45. The Morgan fingerprint density at radius 3 is 2.68 bits per heavy atom. The van der Waals surface area contributed by atoms with Gasteiger partial charge in [-0.2, -0.15) is 4.31 Å². The van der Waals surface area contributed by atoms with E-state index in [0.717, 1.165) is 15.4 Å². The summed E-state index contributed by atoms with van der Waals surface area (Å²) in [6, 6.07) is 7.68. The highest BCUT2D eigenvalue weighted by Gasteiger charge is 2.26. The van der Waals surface area contributed by atoms with Crippen LogP contribution in [-0.2, 0) is 21.2 Å². The first kappa shape index (κ1) is 13.8. The minimum atomic E-state index is -3.61. The Morgan fingerprint density at radius 2 is 2.00 bits per heavy atom. The molecule has 0 unspecified atom stereocenters. The third kappa shape index (κ3) is 2.85. The van der Waals surface area contributed by atoms with Gasteiger partial charge in [0.2, 0.25) is 15.9 Å². The lowest BCUT2D eigenvalue weighted by Gasteiger charge is -2.21. The van der Waals surface area contributed by atoms with Crippen LogP contribution >= 0.6 is 0 Å². The molecule has 1 aromatic carbocycles. The van der Waals surface area contributed by atoms with Crippen LogP contribution < -0.4 is 5.73 Å². The standard InChI is InChI=1S/C13H16N2O3S/c1-15(9-13(14)16)19(17,18)12-7-6-10-4-2-3-5-11(10)8-12/h2-5,8H,6-7,9H2,1H3,(H2,14,16). The van der Waals surface area contributed by atoms with Gasteiger partial charge in [0, 0.05) is 7.05 Å². The third-order valence-corrected chi connectivity index (χ3v) is 5.07. The molecule has 1 aromatic rings. The smallest absolute Gasteiger partial charge is 0.239 e. The maximum Gasteiger partial charge on any atom is 0.239 e. The molecule has 1 amide bonds. The molecule has 0 atom stereocenters. The Labute approximate surface area is 112 Å². The molecular formula is C13H16N2O3S. The first-order valence-electron chi connectivity index (χ1n) is 5.94. The van der Waals surface area contributed by atoms with Crippen molar-refractivity contribution in [2.24, 2.45) is 5.73 Å². The van der Waals surface area contributed by atoms with E-state index in [1.165, 1.54) is 7.05 Å². The second-order valence-corrected chi connectivity index (χ2v) is 6.63. The highest BCUT2D eigenvalue weighted by Crippen LogP contribution is 2.28. The van der Waals surface area contributed by atoms with E-state index in [1.807, 2.05) is 24.3 Å². The van der Waals surface area contributed by atoms with Crippen LogP contribution in [0.2, 0.25) is 0 Å². The zero-order chi connectivity index (χ0) is 14.0. The predicted octanol–water partition coefficient (Wildman–Crippen LogP) is 0.721. The van der Waals surface area contributed by atoms with Gasteiger partial charge in [-0.25, -0.2) is 8.42 Å². The van der Waals surface area contributed by atoms with Crippen molar-refractivity contribution in [1.82, 2.24) is 4.31 Å². The Morgan fingerprint density at radius 1 is 1.32 bits per heavy atom. The number of likely N-dealkylation sites (N-methyl/N-ethyl adjacent to an activating group) is 1. The minimum Gasteiger partial charge on any atom is -0.369 e. The summed E-state index contributed by atoms with van der Waals surface area (Å²) < 4.78 is 25.6. The predicted molar refractivity (Wildman–Crippen MR) is 73.5 cm³/mol. The zero-order valence-electron chi connectivity index (χ0n) is 10.7. The molecule has 0 saturated carbocycles. The van der Waals surface area contributed by atoms with Gasteiger partial charge in [-0.3, -0.25) is 4.79 Å². The van der Waals surface area contributed by atoms with Gasteiger partial charge >= 0.3 is 0 Å². The number of fused-ring (bicyclic) bond motifs is 1. The number of hydrogen-bond acceptors (Lipinski definition) is 3.